The standard InChI is InChI=1S/C20H31N3O2/c1-17(21-20(24)10-9-19-8-5-15-25-19)16-22-11-13-23(14-12-22)18-6-3-2-4-7-18/h2-4,6-7,17,19H,5,8-16H2,1H3,(H,21,24). The van der Waals surface area contributed by atoms with Crippen LogP contribution in [0.5, 0.6) is 0 Å². The molecule has 1 N–H and O–H groups in total. The van der Waals surface area contributed by atoms with Gasteiger partial charge in [0, 0.05) is 57.5 Å². The zero-order valence-corrected chi connectivity index (χ0v) is 15.3. The molecule has 0 spiro atoms. The first-order valence-electron chi connectivity index (χ1n) is 9.64. The summed E-state index contributed by atoms with van der Waals surface area (Å²) in [6, 6.07) is 10.8. The van der Waals surface area contributed by atoms with Crippen molar-refractivity contribution in [1.29, 1.82) is 0 Å². The highest BCUT2D eigenvalue weighted by atomic mass is 16.5. The van der Waals surface area contributed by atoms with Crippen molar-refractivity contribution in [3.8, 4) is 0 Å². The minimum absolute atomic E-state index is 0.158. The molecule has 138 valence electrons. The molecule has 2 aliphatic rings. The molecular weight excluding hydrogens is 314 g/mol. The molecule has 2 heterocycles. The lowest BCUT2D eigenvalue weighted by Crippen LogP contribution is -2.50. The van der Waals surface area contributed by atoms with Crippen molar-refractivity contribution in [3.63, 3.8) is 0 Å². The molecule has 0 aliphatic carbocycles. The molecule has 2 unspecified atom stereocenters. The first-order chi connectivity index (χ1) is 12.2. The third kappa shape index (κ3) is 5.72. The van der Waals surface area contributed by atoms with E-state index in [0.717, 1.165) is 58.6 Å². The maximum atomic E-state index is 12.1. The van der Waals surface area contributed by atoms with E-state index in [4.69, 9.17) is 4.74 Å². The van der Waals surface area contributed by atoms with Crippen molar-refractivity contribution in [2.24, 2.45) is 0 Å². The fourth-order valence-corrected chi connectivity index (χ4v) is 3.77. The van der Waals surface area contributed by atoms with Crippen molar-refractivity contribution in [2.45, 2.75) is 44.8 Å². The van der Waals surface area contributed by atoms with Crippen molar-refractivity contribution < 1.29 is 9.53 Å². The van der Waals surface area contributed by atoms with Crippen LogP contribution in [0.15, 0.2) is 30.3 Å². The molecule has 2 atom stereocenters. The Balaban J connectivity index is 1.33. The molecule has 5 heteroatoms. The van der Waals surface area contributed by atoms with Gasteiger partial charge in [-0.2, -0.15) is 0 Å². The Morgan fingerprint density at radius 3 is 2.68 bits per heavy atom. The highest BCUT2D eigenvalue weighted by Crippen LogP contribution is 2.17. The lowest BCUT2D eigenvalue weighted by Gasteiger charge is -2.37. The smallest absolute Gasteiger partial charge is 0.220 e. The highest BCUT2D eigenvalue weighted by molar-refractivity contribution is 5.76. The third-order valence-corrected chi connectivity index (χ3v) is 5.15. The van der Waals surface area contributed by atoms with Gasteiger partial charge < -0.3 is 15.0 Å². The Morgan fingerprint density at radius 1 is 1.24 bits per heavy atom. The first kappa shape index (κ1) is 18.2. The summed E-state index contributed by atoms with van der Waals surface area (Å²) in [4.78, 5) is 17.0. The number of ether oxygens (including phenoxy) is 1. The number of benzene rings is 1. The van der Waals surface area contributed by atoms with Gasteiger partial charge in [0.25, 0.3) is 0 Å². The van der Waals surface area contributed by atoms with Gasteiger partial charge in [0.1, 0.15) is 0 Å². The van der Waals surface area contributed by atoms with Crippen molar-refractivity contribution in [1.82, 2.24) is 10.2 Å². The highest BCUT2D eigenvalue weighted by Gasteiger charge is 2.20. The van der Waals surface area contributed by atoms with Crippen LogP contribution in [0.3, 0.4) is 0 Å². The van der Waals surface area contributed by atoms with E-state index in [9.17, 15) is 4.79 Å². The molecule has 1 aromatic rings. The van der Waals surface area contributed by atoms with Crippen LogP contribution in [0.2, 0.25) is 0 Å². The third-order valence-electron chi connectivity index (χ3n) is 5.15. The number of nitrogens with zero attached hydrogens (tertiary/aromatic N) is 2. The summed E-state index contributed by atoms with van der Waals surface area (Å²) >= 11 is 0. The Morgan fingerprint density at radius 2 is 2.00 bits per heavy atom. The van der Waals surface area contributed by atoms with Gasteiger partial charge in [0.05, 0.1) is 6.10 Å². The Labute approximate surface area is 151 Å². The maximum absolute atomic E-state index is 12.1. The minimum Gasteiger partial charge on any atom is -0.378 e. The van der Waals surface area contributed by atoms with E-state index in [1.54, 1.807) is 0 Å². The molecule has 2 saturated heterocycles. The van der Waals surface area contributed by atoms with Gasteiger partial charge in [-0.15, -0.1) is 0 Å². The lowest BCUT2D eigenvalue weighted by molar-refractivity contribution is -0.122. The quantitative estimate of drug-likeness (QED) is 0.823. The predicted molar refractivity (Wildman–Crippen MR) is 101 cm³/mol. The number of carbonyl (C=O) groups is 1. The number of rotatable bonds is 7. The van der Waals surface area contributed by atoms with Gasteiger partial charge in [0.2, 0.25) is 5.91 Å². The fourth-order valence-electron chi connectivity index (χ4n) is 3.77. The number of amides is 1. The number of nitrogens with one attached hydrogen (secondary N) is 1. The summed E-state index contributed by atoms with van der Waals surface area (Å²) in [5.74, 6) is 0.158. The number of anilines is 1. The van der Waals surface area contributed by atoms with Crippen molar-refractivity contribution in [3.05, 3.63) is 30.3 Å². The Hall–Kier alpha value is -1.59. The number of piperazine rings is 1. The van der Waals surface area contributed by atoms with Crippen LogP contribution >= 0.6 is 0 Å². The van der Waals surface area contributed by atoms with E-state index in [1.807, 2.05) is 0 Å². The number of hydrogen-bond acceptors (Lipinski definition) is 4. The average molecular weight is 345 g/mol. The molecule has 2 fully saturated rings. The summed E-state index contributed by atoms with van der Waals surface area (Å²) in [6.07, 6.45) is 3.98. The van der Waals surface area contributed by atoms with E-state index in [1.165, 1.54) is 5.69 Å². The van der Waals surface area contributed by atoms with Crippen LogP contribution in [-0.4, -0.2) is 62.3 Å². The summed E-state index contributed by atoms with van der Waals surface area (Å²) in [7, 11) is 0. The van der Waals surface area contributed by atoms with Gasteiger partial charge >= 0.3 is 0 Å². The average Bonchev–Trinajstić information content (AvgIpc) is 3.15. The summed E-state index contributed by atoms with van der Waals surface area (Å²) in [6.45, 7) is 8.07. The van der Waals surface area contributed by atoms with Crippen LogP contribution in [-0.2, 0) is 9.53 Å². The molecule has 0 saturated carbocycles. The van der Waals surface area contributed by atoms with E-state index < -0.39 is 0 Å². The molecule has 25 heavy (non-hydrogen) atoms. The Kier molecular flexibility index (Phi) is 6.70. The van der Waals surface area contributed by atoms with E-state index in [0.29, 0.717) is 12.5 Å². The van der Waals surface area contributed by atoms with Crippen molar-refractivity contribution in [2.75, 3.05) is 44.2 Å². The number of para-hydroxylation sites is 1. The normalized spacial score (nSPS) is 22.8. The van der Waals surface area contributed by atoms with Crippen LogP contribution < -0.4 is 10.2 Å². The number of carbonyl (C=O) groups excluding carboxylic acids is 1. The zero-order valence-electron chi connectivity index (χ0n) is 15.3. The predicted octanol–water partition coefficient (Wildman–Crippen LogP) is 2.27. The molecule has 0 radical (unpaired) electrons. The van der Waals surface area contributed by atoms with E-state index >= 15 is 0 Å². The number of hydrogen-bond donors (Lipinski definition) is 1. The summed E-state index contributed by atoms with van der Waals surface area (Å²) in [5, 5.41) is 3.14. The van der Waals surface area contributed by atoms with Crippen LogP contribution in [0.25, 0.3) is 0 Å². The second-order valence-electron chi connectivity index (χ2n) is 7.27. The second-order valence-corrected chi connectivity index (χ2v) is 7.27. The molecule has 5 nitrogen and oxygen atoms in total. The SMILES string of the molecule is CC(CN1CCN(c2ccccc2)CC1)NC(=O)CCC1CCCO1. The summed E-state index contributed by atoms with van der Waals surface area (Å²) in [5.41, 5.74) is 1.30. The molecule has 1 amide bonds. The minimum atomic E-state index is 0.158. The molecular formula is C20H31N3O2. The Bertz CT molecular complexity index is 523. The fraction of sp³-hybridized carbons (Fsp3) is 0.650. The van der Waals surface area contributed by atoms with Gasteiger partial charge in [-0.25, -0.2) is 0 Å². The van der Waals surface area contributed by atoms with Gasteiger partial charge in [0.15, 0.2) is 0 Å². The van der Waals surface area contributed by atoms with Crippen LogP contribution in [0.4, 0.5) is 5.69 Å². The maximum Gasteiger partial charge on any atom is 0.220 e. The van der Waals surface area contributed by atoms with Gasteiger partial charge in [-0.05, 0) is 38.3 Å². The largest absolute Gasteiger partial charge is 0.378 e. The lowest BCUT2D eigenvalue weighted by atomic mass is 10.1. The van der Waals surface area contributed by atoms with Gasteiger partial charge in [-0.3, -0.25) is 9.69 Å². The zero-order chi connectivity index (χ0) is 17.5. The second kappa shape index (κ2) is 9.20. The molecule has 1 aromatic carbocycles. The molecule has 3 rings (SSSR count). The summed E-state index contributed by atoms with van der Waals surface area (Å²) < 4.78 is 5.58. The first-order valence-corrected chi connectivity index (χ1v) is 9.64. The van der Waals surface area contributed by atoms with Gasteiger partial charge in [-0.1, -0.05) is 18.2 Å². The van der Waals surface area contributed by atoms with E-state index in [2.05, 4.69) is 52.4 Å². The van der Waals surface area contributed by atoms with Crippen LogP contribution in [0, 0.1) is 0 Å². The van der Waals surface area contributed by atoms with E-state index in [-0.39, 0.29) is 11.9 Å². The van der Waals surface area contributed by atoms with Crippen LogP contribution in [0.1, 0.15) is 32.6 Å². The molecule has 0 aromatic heterocycles. The monoisotopic (exact) mass is 345 g/mol. The van der Waals surface area contributed by atoms with Crippen molar-refractivity contribution >= 4 is 11.6 Å². The topological polar surface area (TPSA) is 44.8 Å². The molecule has 2 aliphatic heterocycles. The molecule has 0 bridgehead atoms.